The second kappa shape index (κ2) is 13.6. The highest BCUT2D eigenvalue weighted by Gasteiger charge is 2.44. The number of carbonyl (C=O) groups excluding carboxylic acids is 1. The molecule has 0 radical (unpaired) electrons. The lowest BCUT2D eigenvalue weighted by Crippen LogP contribution is -2.48. The number of hydrogen-bond donors (Lipinski definition) is 1. The molecule has 0 aromatic heterocycles. The van der Waals surface area contributed by atoms with Crippen molar-refractivity contribution in [1.29, 1.82) is 0 Å². The molecular formula is C29H50NO6P. The van der Waals surface area contributed by atoms with E-state index in [1.165, 1.54) is 55.2 Å². The fraction of sp³-hybridized carbons (Fsp3) is 0.759. The molecule has 1 amide bonds. The van der Waals surface area contributed by atoms with E-state index in [2.05, 4.69) is 37.4 Å². The van der Waals surface area contributed by atoms with Crippen LogP contribution >= 0.6 is 7.82 Å². The molecule has 1 N–H and O–H groups in total. The molecule has 0 spiro atoms. The lowest BCUT2D eigenvalue weighted by molar-refractivity contribution is -0.00539. The van der Waals surface area contributed by atoms with Gasteiger partial charge in [0.25, 0.3) is 0 Å². The Morgan fingerprint density at radius 2 is 1.59 bits per heavy atom. The van der Waals surface area contributed by atoms with Crippen molar-refractivity contribution in [3.63, 3.8) is 0 Å². The summed E-state index contributed by atoms with van der Waals surface area (Å²) in [6.07, 6.45) is 9.66. The SMILES string of the molecule is CCCCCCCCc1ccc(CCC2(COP(=O)(OC(C)(C)C)OC(C)(C)C)COC(=O)N2)cc1C. The summed E-state index contributed by atoms with van der Waals surface area (Å²) in [5.74, 6) is 0. The number of cyclic esters (lactones) is 1. The van der Waals surface area contributed by atoms with Gasteiger partial charge < -0.3 is 10.1 Å². The van der Waals surface area contributed by atoms with E-state index in [1.807, 2.05) is 0 Å². The van der Waals surface area contributed by atoms with Gasteiger partial charge in [0.15, 0.2) is 0 Å². The quantitative estimate of drug-likeness (QED) is 0.179. The minimum Gasteiger partial charge on any atom is -0.447 e. The molecular weight excluding hydrogens is 489 g/mol. The smallest absolute Gasteiger partial charge is 0.447 e. The van der Waals surface area contributed by atoms with Gasteiger partial charge in [-0.3, -0.25) is 13.6 Å². The second-order valence-corrected chi connectivity index (χ2v) is 13.9. The van der Waals surface area contributed by atoms with E-state index in [0.29, 0.717) is 6.42 Å². The number of alkyl carbamates (subject to hydrolysis) is 1. The van der Waals surface area contributed by atoms with Crippen LogP contribution in [0.3, 0.4) is 0 Å². The van der Waals surface area contributed by atoms with Gasteiger partial charge in [-0.2, -0.15) is 0 Å². The van der Waals surface area contributed by atoms with Gasteiger partial charge >= 0.3 is 13.9 Å². The molecule has 7 nitrogen and oxygen atoms in total. The Morgan fingerprint density at radius 1 is 0.973 bits per heavy atom. The summed E-state index contributed by atoms with van der Waals surface area (Å²) in [6.45, 7) is 15.3. The van der Waals surface area contributed by atoms with Crippen molar-refractivity contribution in [2.24, 2.45) is 0 Å². The number of unbranched alkanes of at least 4 members (excludes halogenated alkanes) is 5. The van der Waals surface area contributed by atoms with Crippen molar-refractivity contribution in [2.45, 2.75) is 130 Å². The number of rotatable bonds is 15. The lowest BCUT2D eigenvalue weighted by Gasteiger charge is -2.33. The molecule has 1 aromatic rings. The molecule has 212 valence electrons. The van der Waals surface area contributed by atoms with E-state index in [-0.39, 0.29) is 13.2 Å². The first-order valence-electron chi connectivity index (χ1n) is 13.8. The lowest BCUT2D eigenvalue weighted by atomic mass is 9.91. The van der Waals surface area contributed by atoms with Crippen LogP contribution in [-0.4, -0.2) is 36.0 Å². The maximum Gasteiger partial charge on any atom is 0.475 e. The Balaban J connectivity index is 2.02. The number of phosphoric ester groups is 1. The minimum atomic E-state index is -3.91. The van der Waals surface area contributed by atoms with Crippen molar-refractivity contribution in [2.75, 3.05) is 13.2 Å². The summed E-state index contributed by atoms with van der Waals surface area (Å²) in [5, 5.41) is 2.89. The van der Waals surface area contributed by atoms with Crippen LogP contribution in [0.15, 0.2) is 18.2 Å². The standard InChI is InChI=1S/C29H50NO6P/c1-9-10-11-12-13-14-15-25-17-16-24(20-23(25)2)18-19-29(21-33-26(31)30-29)22-34-37(32,35-27(3,4)5)36-28(6,7)8/h16-17,20H,9-15,18-19,21-22H2,1-8H3,(H,30,31). The first-order chi connectivity index (χ1) is 17.1. The van der Waals surface area contributed by atoms with E-state index in [4.69, 9.17) is 18.3 Å². The number of hydrogen-bond acceptors (Lipinski definition) is 6. The Labute approximate surface area is 225 Å². The molecule has 37 heavy (non-hydrogen) atoms. The third-order valence-corrected chi connectivity index (χ3v) is 8.20. The predicted octanol–water partition coefficient (Wildman–Crippen LogP) is 8.06. The summed E-state index contributed by atoms with van der Waals surface area (Å²) in [6, 6.07) is 6.63. The number of benzene rings is 1. The van der Waals surface area contributed by atoms with Crippen LogP contribution < -0.4 is 5.32 Å². The van der Waals surface area contributed by atoms with Gasteiger partial charge in [0.1, 0.15) is 12.1 Å². The van der Waals surface area contributed by atoms with Crippen molar-refractivity contribution in [3.8, 4) is 0 Å². The van der Waals surface area contributed by atoms with Gasteiger partial charge in [-0.05, 0) is 90.8 Å². The van der Waals surface area contributed by atoms with Crippen LogP contribution in [0.2, 0.25) is 0 Å². The van der Waals surface area contributed by atoms with Crippen molar-refractivity contribution < 1.29 is 27.7 Å². The van der Waals surface area contributed by atoms with E-state index in [9.17, 15) is 9.36 Å². The Hall–Kier alpha value is -1.40. The molecule has 0 aliphatic carbocycles. The van der Waals surface area contributed by atoms with Crippen LogP contribution in [0.5, 0.6) is 0 Å². The number of carbonyl (C=O) groups is 1. The Bertz CT molecular complexity index is 900. The summed E-state index contributed by atoms with van der Waals surface area (Å²) < 4.78 is 36.1. The summed E-state index contributed by atoms with van der Waals surface area (Å²) in [4.78, 5) is 12.0. The van der Waals surface area contributed by atoms with Gasteiger partial charge in [-0.15, -0.1) is 0 Å². The Morgan fingerprint density at radius 3 is 2.14 bits per heavy atom. The first-order valence-corrected chi connectivity index (χ1v) is 15.3. The van der Waals surface area contributed by atoms with Gasteiger partial charge in [-0.25, -0.2) is 9.36 Å². The molecule has 1 unspecified atom stereocenters. The third-order valence-electron chi connectivity index (χ3n) is 6.22. The molecule has 1 saturated heterocycles. The van der Waals surface area contributed by atoms with Crippen molar-refractivity contribution in [3.05, 3.63) is 34.9 Å². The van der Waals surface area contributed by atoms with Gasteiger partial charge in [0.05, 0.1) is 17.8 Å². The van der Waals surface area contributed by atoms with E-state index in [0.717, 1.165) is 12.8 Å². The minimum absolute atomic E-state index is 0.0444. The van der Waals surface area contributed by atoms with Gasteiger partial charge in [0, 0.05) is 0 Å². The zero-order chi connectivity index (χ0) is 27.7. The van der Waals surface area contributed by atoms with Gasteiger partial charge in [0.2, 0.25) is 0 Å². The Kier molecular flexibility index (Phi) is 11.7. The molecule has 0 bridgehead atoms. The second-order valence-electron chi connectivity index (χ2n) is 12.4. The number of phosphoric acid groups is 1. The first kappa shape index (κ1) is 31.8. The molecule has 1 heterocycles. The average Bonchev–Trinajstić information content (AvgIpc) is 3.13. The highest BCUT2D eigenvalue weighted by atomic mass is 31.2. The molecule has 8 heteroatoms. The molecule has 1 aliphatic rings. The maximum absolute atomic E-state index is 13.5. The van der Waals surface area contributed by atoms with E-state index < -0.39 is 30.7 Å². The molecule has 1 fully saturated rings. The number of aryl methyl sites for hydroxylation is 3. The van der Waals surface area contributed by atoms with Crippen molar-refractivity contribution >= 4 is 13.9 Å². The van der Waals surface area contributed by atoms with E-state index >= 15 is 0 Å². The average molecular weight is 540 g/mol. The van der Waals surface area contributed by atoms with Crippen LogP contribution in [0.1, 0.15) is 110 Å². The largest absolute Gasteiger partial charge is 0.475 e. The maximum atomic E-state index is 13.5. The third kappa shape index (κ3) is 11.9. The zero-order valence-corrected chi connectivity index (χ0v) is 25.3. The number of amides is 1. The van der Waals surface area contributed by atoms with E-state index in [1.54, 1.807) is 41.5 Å². The fourth-order valence-electron chi connectivity index (χ4n) is 4.40. The fourth-order valence-corrected chi connectivity index (χ4v) is 6.28. The van der Waals surface area contributed by atoms with Crippen molar-refractivity contribution in [1.82, 2.24) is 5.32 Å². The number of ether oxygens (including phenoxy) is 1. The zero-order valence-electron chi connectivity index (χ0n) is 24.4. The molecule has 1 aliphatic heterocycles. The monoisotopic (exact) mass is 539 g/mol. The topological polar surface area (TPSA) is 83.1 Å². The number of nitrogens with one attached hydrogen (secondary N) is 1. The molecule has 2 rings (SSSR count). The summed E-state index contributed by atoms with van der Waals surface area (Å²) in [5.41, 5.74) is 1.58. The summed E-state index contributed by atoms with van der Waals surface area (Å²) >= 11 is 0. The normalized spacial score (nSPS) is 18.6. The molecule has 1 atom stereocenters. The predicted molar refractivity (Wildman–Crippen MR) is 149 cm³/mol. The van der Waals surface area contributed by atoms with Crippen LogP contribution in [0.4, 0.5) is 4.79 Å². The highest BCUT2D eigenvalue weighted by molar-refractivity contribution is 7.48. The van der Waals surface area contributed by atoms with Gasteiger partial charge in [-0.1, -0.05) is 57.2 Å². The molecule has 0 saturated carbocycles. The highest BCUT2D eigenvalue weighted by Crippen LogP contribution is 2.56. The summed E-state index contributed by atoms with van der Waals surface area (Å²) in [7, 11) is -3.91. The molecule has 1 aromatic carbocycles. The van der Waals surface area contributed by atoms with Crippen LogP contribution in [0, 0.1) is 6.92 Å². The van der Waals surface area contributed by atoms with Crippen LogP contribution in [-0.2, 0) is 35.7 Å². The van der Waals surface area contributed by atoms with Crippen LogP contribution in [0.25, 0.3) is 0 Å².